The number of aromatic nitrogens is 1. The summed E-state index contributed by atoms with van der Waals surface area (Å²) in [4.78, 5) is 18.6. The van der Waals surface area contributed by atoms with Gasteiger partial charge in [-0.1, -0.05) is 13.3 Å². The fourth-order valence-electron chi connectivity index (χ4n) is 2.40. The number of anilines is 1. The minimum atomic E-state index is 0.0569. The monoisotopic (exact) mass is 275 g/mol. The molecule has 1 saturated carbocycles. The summed E-state index contributed by atoms with van der Waals surface area (Å²) in [5, 5.41) is 3.27. The molecule has 1 heterocycles. The summed E-state index contributed by atoms with van der Waals surface area (Å²) in [6.45, 7) is 6.73. The van der Waals surface area contributed by atoms with Gasteiger partial charge in [0.2, 0.25) is 0 Å². The second-order valence-electron chi connectivity index (χ2n) is 5.50. The van der Waals surface area contributed by atoms with E-state index in [2.05, 4.69) is 17.2 Å². The number of nitrogens with zero attached hydrogens (tertiary/aromatic N) is 2. The van der Waals surface area contributed by atoms with Crippen LogP contribution in [0.4, 0.5) is 5.69 Å². The van der Waals surface area contributed by atoms with E-state index in [4.69, 9.17) is 0 Å². The molecule has 0 spiro atoms. The van der Waals surface area contributed by atoms with Crippen molar-refractivity contribution in [3.05, 3.63) is 24.0 Å². The third kappa shape index (κ3) is 3.71. The van der Waals surface area contributed by atoms with Crippen LogP contribution in [0.3, 0.4) is 0 Å². The van der Waals surface area contributed by atoms with E-state index in [1.54, 1.807) is 6.20 Å². The Morgan fingerprint density at radius 3 is 2.70 bits per heavy atom. The van der Waals surface area contributed by atoms with E-state index < -0.39 is 0 Å². The van der Waals surface area contributed by atoms with Crippen LogP contribution in [0.5, 0.6) is 0 Å². The molecule has 2 rings (SSSR count). The molecule has 4 nitrogen and oxygen atoms in total. The number of amides is 1. The molecule has 0 saturated heterocycles. The van der Waals surface area contributed by atoms with Crippen molar-refractivity contribution in [1.29, 1.82) is 0 Å². The molecule has 1 N–H and O–H groups in total. The van der Waals surface area contributed by atoms with Crippen molar-refractivity contribution >= 4 is 11.6 Å². The van der Waals surface area contributed by atoms with Gasteiger partial charge in [0.15, 0.2) is 0 Å². The Kier molecular flexibility index (Phi) is 5.39. The molecule has 0 bridgehead atoms. The van der Waals surface area contributed by atoms with Crippen molar-refractivity contribution in [2.45, 2.75) is 39.5 Å². The van der Waals surface area contributed by atoms with Crippen molar-refractivity contribution in [1.82, 2.24) is 9.88 Å². The van der Waals surface area contributed by atoms with Crippen molar-refractivity contribution in [3.63, 3.8) is 0 Å². The zero-order chi connectivity index (χ0) is 14.4. The summed E-state index contributed by atoms with van der Waals surface area (Å²) < 4.78 is 0. The van der Waals surface area contributed by atoms with Gasteiger partial charge in [0.1, 0.15) is 5.69 Å². The molecule has 0 radical (unpaired) electrons. The van der Waals surface area contributed by atoms with Gasteiger partial charge in [0, 0.05) is 19.6 Å². The number of nitrogens with one attached hydrogen (secondary N) is 1. The van der Waals surface area contributed by atoms with Crippen molar-refractivity contribution in [2.75, 3.05) is 25.0 Å². The first kappa shape index (κ1) is 14.8. The fourth-order valence-corrected chi connectivity index (χ4v) is 2.40. The van der Waals surface area contributed by atoms with Crippen molar-refractivity contribution < 1.29 is 4.79 Å². The van der Waals surface area contributed by atoms with E-state index in [-0.39, 0.29) is 5.91 Å². The topological polar surface area (TPSA) is 45.2 Å². The van der Waals surface area contributed by atoms with E-state index >= 15 is 0 Å². The molecule has 1 aliphatic carbocycles. The predicted octanol–water partition coefficient (Wildman–Crippen LogP) is 3.17. The van der Waals surface area contributed by atoms with Crippen LogP contribution < -0.4 is 5.32 Å². The third-order valence-electron chi connectivity index (χ3n) is 3.93. The Morgan fingerprint density at radius 2 is 2.20 bits per heavy atom. The molecule has 4 heteroatoms. The normalized spacial score (nSPS) is 14.7. The summed E-state index contributed by atoms with van der Waals surface area (Å²) in [6.07, 6.45) is 6.66. The van der Waals surface area contributed by atoms with Crippen LogP contribution in [-0.4, -0.2) is 35.4 Å². The summed E-state index contributed by atoms with van der Waals surface area (Å²) in [7, 11) is 0. The van der Waals surface area contributed by atoms with Crippen LogP contribution in [0.2, 0.25) is 0 Å². The number of rotatable bonds is 7. The van der Waals surface area contributed by atoms with Gasteiger partial charge in [-0.05, 0) is 44.2 Å². The molecule has 0 unspecified atom stereocenters. The first-order chi connectivity index (χ1) is 9.74. The number of hydrogen-bond donors (Lipinski definition) is 1. The summed E-state index contributed by atoms with van der Waals surface area (Å²) in [6, 6.07) is 3.76. The Balaban J connectivity index is 1.95. The second-order valence-corrected chi connectivity index (χ2v) is 5.50. The highest BCUT2D eigenvalue weighted by atomic mass is 16.2. The number of hydrogen-bond acceptors (Lipinski definition) is 3. The van der Waals surface area contributed by atoms with E-state index in [9.17, 15) is 4.79 Å². The molecule has 20 heavy (non-hydrogen) atoms. The van der Waals surface area contributed by atoms with Gasteiger partial charge >= 0.3 is 0 Å². The lowest BCUT2D eigenvalue weighted by Crippen LogP contribution is -2.37. The van der Waals surface area contributed by atoms with E-state index in [1.807, 2.05) is 24.0 Å². The first-order valence-corrected chi connectivity index (χ1v) is 7.73. The summed E-state index contributed by atoms with van der Waals surface area (Å²) in [5.41, 5.74) is 1.53. The third-order valence-corrected chi connectivity index (χ3v) is 3.93. The number of carbonyl (C=O) groups is 1. The Morgan fingerprint density at radius 1 is 1.40 bits per heavy atom. The minimum Gasteiger partial charge on any atom is -0.384 e. The van der Waals surface area contributed by atoms with Crippen LogP contribution in [0.15, 0.2) is 18.3 Å². The van der Waals surface area contributed by atoms with Crippen LogP contribution in [0.1, 0.15) is 50.0 Å². The zero-order valence-electron chi connectivity index (χ0n) is 12.6. The van der Waals surface area contributed by atoms with Gasteiger partial charge < -0.3 is 10.2 Å². The maximum atomic E-state index is 12.4. The fraction of sp³-hybridized carbons (Fsp3) is 0.625. The van der Waals surface area contributed by atoms with E-state index in [1.165, 1.54) is 19.3 Å². The van der Waals surface area contributed by atoms with Gasteiger partial charge in [-0.3, -0.25) is 4.79 Å². The maximum absolute atomic E-state index is 12.4. The molecular weight excluding hydrogens is 250 g/mol. The lowest BCUT2D eigenvalue weighted by molar-refractivity contribution is 0.0700. The molecule has 1 aromatic rings. The second kappa shape index (κ2) is 7.27. The molecule has 1 amide bonds. The number of carbonyl (C=O) groups excluding carboxylic acids is 1. The first-order valence-electron chi connectivity index (χ1n) is 7.73. The average molecular weight is 275 g/mol. The molecule has 0 aromatic carbocycles. The Labute approximate surface area is 121 Å². The van der Waals surface area contributed by atoms with Gasteiger partial charge in [0.05, 0.1) is 11.9 Å². The van der Waals surface area contributed by atoms with Crippen LogP contribution in [-0.2, 0) is 0 Å². The molecule has 1 fully saturated rings. The quantitative estimate of drug-likeness (QED) is 0.831. The highest BCUT2D eigenvalue weighted by Gasteiger charge is 2.23. The van der Waals surface area contributed by atoms with Gasteiger partial charge in [-0.15, -0.1) is 0 Å². The van der Waals surface area contributed by atoms with Crippen LogP contribution in [0.25, 0.3) is 0 Å². The molecule has 0 aliphatic heterocycles. The maximum Gasteiger partial charge on any atom is 0.272 e. The highest BCUT2D eigenvalue weighted by Crippen LogP contribution is 2.27. The molecule has 1 aliphatic rings. The molecule has 110 valence electrons. The standard InChI is InChI=1S/C16H25N3O/c1-3-10-17-14-8-9-15(18-11-14)16(20)19(4-2)12-13-6-5-7-13/h8-9,11,13,17H,3-7,10,12H2,1-2H3. The van der Waals surface area contributed by atoms with Crippen LogP contribution in [0, 0.1) is 5.92 Å². The highest BCUT2D eigenvalue weighted by molar-refractivity contribution is 5.92. The van der Waals surface area contributed by atoms with Crippen molar-refractivity contribution in [3.8, 4) is 0 Å². The Bertz CT molecular complexity index is 426. The minimum absolute atomic E-state index is 0.0569. The molecule has 1 aromatic heterocycles. The SMILES string of the molecule is CCCNc1ccc(C(=O)N(CC)CC2CCC2)nc1. The predicted molar refractivity (Wildman–Crippen MR) is 81.9 cm³/mol. The van der Waals surface area contributed by atoms with Gasteiger partial charge in [-0.2, -0.15) is 0 Å². The number of pyridine rings is 1. The van der Waals surface area contributed by atoms with E-state index in [0.717, 1.165) is 31.7 Å². The lowest BCUT2D eigenvalue weighted by Gasteiger charge is -2.31. The van der Waals surface area contributed by atoms with Crippen LogP contribution >= 0.6 is 0 Å². The van der Waals surface area contributed by atoms with Crippen molar-refractivity contribution in [2.24, 2.45) is 5.92 Å². The van der Waals surface area contributed by atoms with Gasteiger partial charge in [-0.25, -0.2) is 4.98 Å². The zero-order valence-corrected chi connectivity index (χ0v) is 12.6. The van der Waals surface area contributed by atoms with E-state index in [0.29, 0.717) is 11.6 Å². The smallest absolute Gasteiger partial charge is 0.272 e. The average Bonchev–Trinajstić information content (AvgIpc) is 2.44. The summed E-state index contributed by atoms with van der Waals surface area (Å²) in [5.74, 6) is 0.755. The van der Waals surface area contributed by atoms with Gasteiger partial charge in [0.25, 0.3) is 5.91 Å². The molecular formula is C16H25N3O. The largest absolute Gasteiger partial charge is 0.384 e. The molecule has 0 atom stereocenters. The summed E-state index contributed by atoms with van der Waals surface area (Å²) >= 11 is 0. The Hall–Kier alpha value is -1.58. The lowest BCUT2D eigenvalue weighted by atomic mass is 9.85.